The zero-order valence-electron chi connectivity index (χ0n) is 5.91. The van der Waals surface area contributed by atoms with Crippen LogP contribution >= 0.6 is 0 Å². The van der Waals surface area contributed by atoms with Gasteiger partial charge in [0.25, 0.3) is 0 Å². The maximum Gasteiger partial charge on any atom is 0.409 e. The maximum atomic E-state index is 10.3. The van der Waals surface area contributed by atoms with Crippen molar-refractivity contribution in [3.05, 3.63) is 0 Å². The third kappa shape index (κ3) is 1.21. The van der Waals surface area contributed by atoms with Gasteiger partial charge in [-0.3, -0.25) is 4.90 Å². The lowest BCUT2D eigenvalue weighted by atomic mass is 10.2. The van der Waals surface area contributed by atoms with Crippen LogP contribution in [0, 0.1) is 0 Å². The predicted molar refractivity (Wildman–Crippen MR) is 34.8 cm³/mol. The van der Waals surface area contributed by atoms with E-state index >= 15 is 0 Å². The van der Waals surface area contributed by atoms with Gasteiger partial charge in [0.2, 0.25) is 0 Å². The van der Waals surface area contributed by atoms with Gasteiger partial charge in [0.15, 0.2) is 0 Å². The lowest BCUT2D eigenvalue weighted by Gasteiger charge is -2.37. The molecule has 58 valence electrons. The van der Waals surface area contributed by atoms with E-state index in [9.17, 15) is 4.79 Å². The summed E-state index contributed by atoms with van der Waals surface area (Å²) in [5.41, 5.74) is 0. The smallest absolute Gasteiger partial charge is 0.409 e. The van der Waals surface area contributed by atoms with E-state index in [4.69, 9.17) is 9.84 Å². The number of hydrogen-bond acceptors (Lipinski definition) is 2. The number of carbonyl (C=O) groups is 1. The standard InChI is InChI=1S/C6H11NO3/c1-2-10-5-3-4-7(5)6(8)9/h5H,2-4H2,1H3,(H,8,9). The van der Waals surface area contributed by atoms with Crippen LogP contribution in [0.2, 0.25) is 0 Å². The summed E-state index contributed by atoms with van der Waals surface area (Å²) in [4.78, 5) is 11.6. The van der Waals surface area contributed by atoms with Crippen LogP contribution in [0.25, 0.3) is 0 Å². The lowest BCUT2D eigenvalue weighted by Crippen LogP contribution is -2.51. The molecule has 0 aromatic heterocycles. The molecule has 4 heteroatoms. The second kappa shape index (κ2) is 2.88. The summed E-state index contributed by atoms with van der Waals surface area (Å²) in [5, 5.41) is 8.48. The molecule has 10 heavy (non-hydrogen) atoms. The molecular formula is C6H11NO3. The molecule has 1 rings (SSSR count). The van der Waals surface area contributed by atoms with Gasteiger partial charge < -0.3 is 9.84 Å². The Morgan fingerprint density at radius 1 is 1.90 bits per heavy atom. The summed E-state index contributed by atoms with van der Waals surface area (Å²) < 4.78 is 5.10. The Morgan fingerprint density at radius 3 is 2.90 bits per heavy atom. The summed E-state index contributed by atoms with van der Waals surface area (Å²) >= 11 is 0. The van der Waals surface area contributed by atoms with Crippen LogP contribution in [-0.2, 0) is 4.74 Å². The summed E-state index contributed by atoms with van der Waals surface area (Å²) in [6, 6.07) is 0. The van der Waals surface area contributed by atoms with Crippen LogP contribution in [0.15, 0.2) is 0 Å². The first kappa shape index (κ1) is 7.34. The highest BCUT2D eigenvalue weighted by atomic mass is 16.5. The van der Waals surface area contributed by atoms with Crippen LogP contribution < -0.4 is 0 Å². The van der Waals surface area contributed by atoms with Gasteiger partial charge in [0, 0.05) is 19.6 Å². The number of carboxylic acid groups (broad SMARTS) is 1. The highest BCUT2D eigenvalue weighted by Crippen LogP contribution is 2.17. The third-order valence-electron chi connectivity index (χ3n) is 1.57. The van der Waals surface area contributed by atoms with Gasteiger partial charge >= 0.3 is 6.09 Å². The highest BCUT2D eigenvalue weighted by Gasteiger charge is 2.32. The first-order valence-corrected chi connectivity index (χ1v) is 3.37. The monoisotopic (exact) mass is 145 g/mol. The van der Waals surface area contributed by atoms with E-state index in [-0.39, 0.29) is 6.23 Å². The normalized spacial score (nSPS) is 24.1. The van der Waals surface area contributed by atoms with Crippen LogP contribution in [0.3, 0.4) is 0 Å². The average molecular weight is 145 g/mol. The van der Waals surface area contributed by atoms with E-state index in [2.05, 4.69) is 0 Å². The molecule has 4 nitrogen and oxygen atoms in total. The minimum Gasteiger partial charge on any atom is -0.465 e. The molecule has 1 amide bonds. The molecule has 1 saturated heterocycles. The summed E-state index contributed by atoms with van der Waals surface area (Å²) in [6.07, 6.45) is -0.229. The third-order valence-corrected chi connectivity index (χ3v) is 1.57. The topological polar surface area (TPSA) is 49.8 Å². The fourth-order valence-corrected chi connectivity index (χ4v) is 0.948. The largest absolute Gasteiger partial charge is 0.465 e. The number of ether oxygens (including phenoxy) is 1. The number of likely N-dealkylation sites (tertiary alicyclic amines) is 1. The summed E-state index contributed by atoms with van der Waals surface area (Å²) in [6.45, 7) is 3.05. The molecule has 1 fully saturated rings. The fraction of sp³-hybridized carbons (Fsp3) is 0.833. The van der Waals surface area contributed by atoms with E-state index in [1.165, 1.54) is 4.90 Å². The summed E-state index contributed by atoms with van der Waals surface area (Å²) in [7, 11) is 0. The van der Waals surface area contributed by atoms with Crippen molar-refractivity contribution < 1.29 is 14.6 Å². The van der Waals surface area contributed by atoms with Crippen molar-refractivity contribution >= 4 is 6.09 Å². The maximum absolute atomic E-state index is 10.3. The van der Waals surface area contributed by atoms with Crippen LogP contribution in [0.1, 0.15) is 13.3 Å². The van der Waals surface area contributed by atoms with Gasteiger partial charge in [-0.1, -0.05) is 0 Å². The molecule has 0 saturated carbocycles. The number of nitrogens with zero attached hydrogens (tertiary/aromatic N) is 1. The number of amides is 1. The Labute approximate surface area is 59.4 Å². The predicted octanol–water partition coefficient (Wildman–Crippen LogP) is 0.733. The molecule has 1 aliphatic heterocycles. The number of hydrogen-bond donors (Lipinski definition) is 1. The van der Waals surface area contributed by atoms with E-state index in [1.807, 2.05) is 6.92 Å². The molecule has 0 aromatic carbocycles. The van der Waals surface area contributed by atoms with Gasteiger partial charge in [-0.05, 0) is 6.92 Å². The van der Waals surface area contributed by atoms with Gasteiger partial charge in [-0.2, -0.15) is 0 Å². The van der Waals surface area contributed by atoms with Crippen molar-refractivity contribution in [1.29, 1.82) is 0 Å². The van der Waals surface area contributed by atoms with Crippen molar-refractivity contribution in [3.8, 4) is 0 Å². The molecule has 1 unspecified atom stereocenters. The van der Waals surface area contributed by atoms with Gasteiger partial charge in [-0.15, -0.1) is 0 Å². The Kier molecular flexibility index (Phi) is 2.11. The Hall–Kier alpha value is -0.770. The molecule has 1 heterocycles. The van der Waals surface area contributed by atoms with E-state index in [0.717, 1.165) is 6.42 Å². The second-order valence-electron chi connectivity index (χ2n) is 2.17. The Morgan fingerprint density at radius 2 is 2.60 bits per heavy atom. The minimum atomic E-state index is -0.885. The lowest BCUT2D eigenvalue weighted by molar-refractivity contribution is -0.1000. The first-order chi connectivity index (χ1) is 4.75. The Bertz CT molecular complexity index is 137. The molecular weight excluding hydrogens is 134 g/mol. The van der Waals surface area contributed by atoms with E-state index in [0.29, 0.717) is 13.2 Å². The van der Waals surface area contributed by atoms with Crippen LogP contribution in [-0.4, -0.2) is 35.5 Å². The van der Waals surface area contributed by atoms with Crippen molar-refractivity contribution in [3.63, 3.8) is 0 Å². The molecule has 1 aliphatic rings. The molecule has 0 bridgehead atoms. The van der Waals surface area contributed by atoms with Gasteiger partial charge in [0.05, 0.1) is 0 Å². The SMILES string of the molecule is CCOC1CCN1C(=O)O. The fourth-order valence-electron chi connectivity index (χ4n) is 0.948. The van der Waals surface area contributed by atoms with Crippen LogP contribution in [0.5, 0.6) is 0 Å². The quantitative estimate of drug-likeness (QED) is 0.623. The van der Waals surface area contributed by atoms with E-state index in [1.54, 1.807) is 0 Å². The molecule has 0 aliphatic carbocycles. The van der Waals surface area contributed by atoms with E-state index < -0.39 is 6.09 Å². The second-order valence-corrected chi connectivity index (χ2v) is 2.17. The molecule has 0 spiro atoms. The molecule has 0 aromatic rings. The van der Waals surface area contributed by atoms with Crippen molar-refractivity contribution in [1.82, 2.24) is 4.90 Å². The molecule has 1 N–H and O–H groups in total. The molecule has 1 atom stereocenters. The minimum absolute atomic E-state index is 0.178. The van der Waals surface area contributed by atoms with Gasteiger partial charge in [-0.25, -0.2) is 4.79 Å². The van der Waals surface area contributed by atoms with Crippen LogP contribution in [0.4, 0.5) is 4.79 Å². The first-order valence-electron chi connectivity index (χ1n) is 3.37. The zero-order chi connectivity index (χ0) is 7.56. The van der Waals surface area contributed by atoms with Crippen molar-refractivity contribution in [2.45, 2.75) is 19.6 Å². The average Bonchev–Trinajstić information content (AvgIpc) is 1.78. The van der Waals surface area contributed by atoms with Crippen molar-refractivity contribution in [2.24, 2.45) is 0 Å². The number of rotatable bonds is 2. The summed E-state index contributed by atoms with van der Waals surface area (Å²) in [5.74, 6) is 0. The Balaban J connectivity index is 2.28. The van der Waals surface area contributed by atoms with Crippen molar-refractivity contribution in [2.75, 3.05) is 13.2 Å². The zero-order valence-corrected chi connectivity index (χ0v) is 5.91. The highest BCUT2D eigenvalue weighted by molar-refractivity contribution is 5.66. The molecule has 0 radical (unpaired) electrons. The van der Waals surface area contributed by atoms with Gasteiger partial charge in [0.1, 0.15) is 6.23 Å².